The molecule has 2 heterocycles. The van der Waals surface area contributed by atoms with Gasteiger partial charge in [-0.25, -0.2) is 14.1 Å². The number of anilines is 1. The highest BCUT2D eigenvalue weighted by molar-refractivity contribution is 6.31. The van der Waals surface area contributed by atoms with Gasteiger partial charge in [-0.15, -0.1) is 0 Å². The first kappa shape index (κ1) is 16.5. The Hall–Kier alpha value is -2.93. The molecule has 0 aliphatic carbocycles. The van der Waals surface area contributed by atoms with Crippen LogP contribution in [0.5, 0.6) is 5.75 Å². The maximum absolute atomic E-state index is 14.1. The van der Waals surface area contributed by atoms with Gasteiger partial charge in [0.1, 0.15) is 17.9 Å². The van der Waals surface area contributed by atoms with E-state index in [-0.39, 0.29) is 19.1 Å². The molecule has 2 aromatic carbocycles. The third kappa shape index (κ3) is 2.80. The van der Waals surface area contributed by atoms with Crippen LogP contribution in [-0.4, -0.2) is 34.3 Å². The summed E-state index contributed by atoms with van der Waals surface area (Å²) in [5, 5.41) is 4.51. The predicted molar refractivity (Wildman–Crippen MR) is 94.9 cm³/mol. The molecule has 0 N–H and O–H groups in total. The first-order valence-corrected chi connectivity index (χ1v) is 8.27. The van der Waals surface area contributed by atoms with E-state index in [0.29, 0.717) is 27.8 Å². The van der Waals surface area contributed by atoms with E-state index >= 15 is 0 Å². The van der Waals surface area contributed by atoms with Crippen LogP contribution in [0.25, 0.3) is 11.4 Å². The minimum atomic E-state index is -0.400. The summed E-state index contributed by atoms with van der Waals surface area (Å²) in [4.78, 5) is 17.7. The smallest absolute Gasteiger partial charge is 0.264 e. The molecule has 0 saturated carbocycles. The van der Waals surface area contributed by atoms with Crippen LogP contribution in [0.4, 0.5) is 10.1 Å². The zero-order valence-electron chi connectivity index (χ0n) is 13.8. The maximum Gasteiger partial charge on any atom is 0.264 e. The molecule has 0 unspecified atom stereocenters. The number of likely N-dealkylation sites (N-methyl/N-ethyl adjacent to an activating group) is 1. The fourth-order valence-electron chi connectivity index (χ4n) is 2.85. The van der Waals surface area contributed by atoms with Gasteiger partial charge >= 0.3 is 0 Å². The number of halogens is 2. The van der Waals surface area contributed by atoms with Crippen molar-refractivity contribution in [2.24, 2.45) is 0 Å². The number of aromatic nitrogens is 3. The van der Waals surface area contributed by atoms with Gasteiger partial charge in [-0.1, -0.05) is 17.7 Å². The third-order valence-electron chi connectivity index (χ3n) is 4.29. The zero-order valence-corrected chi connectivity index (χ0v) is 14.6. The highest BCUT2D eigenvalue weighted by atomic mass is 35.5. The second-order valence-electron chi connectivity index (χ2n) is 5.87. The average molecular weight is 373 g/mol. The second kappa shape index (κ2) is 6.42. The average Bonchev–Trinajstić information content (AvgIpc) is 3.09. The summed E-state index contributed by atoms with van der Waals surface area (Å²) in [7, 11) is 1.69. The van der Waals surface area contributed by atoms with Crippen LogP contribution in [0.3, 0.4) is 0 Å². The Balaban J connectivity index is 1.73. The van der Waals surface area contributed by atoms with Crippen LogP contribution in [0, 0.1) is 5.82 Å². The fourth-order valence-corrected chi connectivity index (χ4v) is 3.07. The van der Waals surface area contributed by atoms with Crippen molar-refractivity contribution in [3.63, 3.8) is 0 Å². The van der Waals surface area contributed by atoms with Crippen LogP contribution in [-0.2, 0) is 11.3 Å². The van der Waals surface area contributed by atoms with E-state index < -0.39 is 5.82 Å². The highest BCUT2D eigenvalue weighted by Crippen LogP contribution is 2.35. The molecule has 1 amide bonds. The number of benzene rings is 2. The van der Waals surface area contributed by atoms with Gasteiger partial charge in [0.2, 0.25) is 0 Å². The number of rotatable bonds is 3. The van der Waals surface area contributed by atoms with E-state index in [1.54, 1.807) is 36.0 Å². The molecule has 132 valence electrons. The number of nitrogens with zero attached hydrogens (tertiary/aromatic N) is 4. The summed E-state index contributed by atoms with van der Waals surface area (Å²) in [5.41, 5.74) is 1.73. The van der Waals surface area contributed by atoms with Crippen LogP contribution in [0.15, 0.2) is 42.7 Å². The van der Waals surface area contributed by atoms with Gasteiger partial charge in [-0.05, 0) is 30.3 Å². The van der Waals surface area contributed by atoms with Crippen molar-refractivity contribution in [1.29, 1.82) is 0 Å². The zero-order chi connectivity index (χ0) is 18.3. The summed E-state index contributed by atoms with van der Waals surface area (Å²) in [6, 6.07) is 9.95. The molecule has 0 spiro atoms. The lowest BCUT2D eigenvalue weighted by molar-refractivity contribution is -0.120. The van der Waals surface area contributed by atoms with Gasteiger partial charge in [-0.3, -0.25) is 4.79 Å². The van der Waals surface area contributed by atoms with Crippen molar-refractivity contribution in [3.8, 4) is 17.1 Å². The lowest BCUT2D eigenvalue weighted by Gasteiger charge is -2.26. The molecule has 3 aromatic rings. The normalized spacial score (nSPS) is 13.5. The molecule has 0 bridgehead atoms. The standard InChI is InChI=1S/C18H14ClFN4O2/c1-23-15-7-11(5-6-16(15)26-9-17(23)25)18-21-10-22-24(18)8-12-13(19)3-2-4-14(12)20/h2-7,10H,8-9H2,1H3. The summed E-state index contributed by atoms with van der Waals surface area (Å²) < 4.78 is 21.1. The quantitative estimate of drug-likeness (QED) is 0.708. The number of hydrogen-bond acceptors (Lipinski definition) is 4. The highest BCUT2D eigenvalue weighted by Gasteiger charge is 2.23. The van der Waals surface area contributed by atoms with Crippen molar-refractivity contribution in [2.45, 2.75) is 6.54 Å². The van der Waals surface area contributed by atoms with Crippen molar-refractivity contribution in [2.75, 3.05) is 18.6 Å². The Labute approximate surface area is 153 Å². The van der Waals surface area contributed by atoms with Crippen molar-refractivity contribution >= 4 is 23.2 Å². The van der Waals surface area contributed by atoms with Gasteiger partial charge in [0.05, 0.1) is 12.2 Å². The van der Waals surface area contributed by atoms with Gasteiger partial charge in [0.25, 0.3) is 5.91 Å². The molecular formula is C18H14ClFN4O2. The molecule has 0 atom stereocenters. The lowest BCUT2D eigenvalue weighted by Crippen LogP contribution is -2.35. The second-order valence-corrected chi connectivity index (χ2v) is 6.27. The molecule has 0 radical (unpaired) electrons. The number of carbonyl (C=O) groups excluding carboxylic acids is 1. The minimum absolute atomic E-state index is 0.0187. The van der Waals surface area contributed by atoms with E-state index in [1.807, 2.05) is 6.07 Å². The Morgan fingerprint density at radius 3 is 2.96 bits per heavy atom. The van der Waals surface area contributed by atoms with Crippen LogP contribution in [0.1, 0.15) is 5.56 Å². The van der Waals surface area contributed by atoms with Gasteiger partial charge < -0.3 is 9.64 Å². The SMILES string of the molecule is CN1C(=O)COc2ccc(-c3ncnn3Cc3c(F)cccc3Cl)cc21. The van der Waals surface area contributed by atoms with E-state index in [0.717, 1.165) is 5.56 Å². The Morgan fingerprint density at radius 1 is 1.31 bits per heavy atom. The van der Waals surface area contributed by atoms with Crippen LogP contribution >= 0.6 is 11.6 Å². The van der Waals surface area contributed by atoms with Crippen molar-refractivity contribution in [1.82, 2.24) is 14.8 Å². The molecule has 1 aliphatic heterocycles. The molecule has 26 heavy (non-hydrogen) atoms. The molecule has 1 aliphatic rings. The number of fused-ring (bicyclic) bond motifs is 1. The Morgan fingerprint density at radius 2 is 2.15 bits per heavy atom. The van der Waals surface area contributed by atoms with Gasteiger partial charge in [0.15, 0.2) is 12.4 Å². The van der Waals surface area contributed by atoms with E-state index in [2.05, 4.69) is 10.1 Å². The van der Waals surface area contributed by atoms with Crippen molar-refractivity contribution in [3.05, 3.63) is 59.1 Å². The molecule has 8 heteroatoms. The number of carbonyl (C=O) groups is 1. The van der Waals surface area contributed by atoms with Crippen LogP contribution < -0.4 is 9.64 Å². The Bertz CT molecular complexity index is 984. The number of amides is 1. The van der Waals surface area contributed by atoms with E-state index in [4.69, 9.17) is 16.3 Å². The summed E-state index contributed by atoms with van der Waals surface area (Å²) in [6.45, 7) is 0.161. The van der Waals surface area contributed by atoms with Gasteiger partial charge in [0, 0.05) is 23.2 Å². The Kier molecular flexibility index (Phi) is 4.08. The first-order valence-electron chi connectivity index (χ1n) is 7.89. The molecule has 0 fully saturated rings. The van der Waals surface area contributed by atoms with E-state index in [1.165, 1.54) is 17.3 Å². The number of ether oxygens (including phenoxy) is 1. The fraction of sp³-hybridized carbons (Fsp3) is 0.167. The molecule has 1 aromatic heterocycles. The van der Waals surface area contributed by atoms with Crippen molar-refractivity contribution < 1.29 is 13.9 Å². The first-order chi connectivity index (χ1) is 12.5. The van der Waals surface area contributed by atoms with Gasteiger partial charge in [-0.2, -0.15) is 5.10 Å². The third-order valence-corrected chi connectivity index (χ3v) is 4.64. The van der Waals surface area contributed by atoms with Crippen LogP contribution in [0.2, 0.25) is 5.02 Å². The minimum Gasteiger partial charge on any atom is -0.482 e. The monoisotopic (exact) mass is 372 g/mol. The summed E-state index contributed by atoms with van der Waals surface area (Å²) in [5.74, 6) is 0.634. The maximum atomic E-state index is 14.1. The lowest BCUT2D eigenvalue weighted by atomic mass is 10.1. The summed E-state index contributed by atoms with van der Waals surface area (Å²) >= 11 is 6.11. The topological polar surface area (TPSA) is 60.3 Å². The molecular weight excluding hydrogens is 359 g/mol. The largest absolute Gasteiger partial charge is 0.482 e. The van der Waals surface area contributed by atoms with E-state index in [9.17, 15) is 9.18 Å². The molecule has 4 rings (SSSR count). The number of hydrogen-bond donors (Lipinski definition) is 0. The predicted octanol–water partition coefficient (Wildman–Crippen LogP) is 3.14. The molecule has 6 nitrogen and oxygen atoms in total. The molecule has 0 saturated heterocycles. The summed E-state index contributed by atoms with van der Waals surface area (Å²) in [6.07, 6.45) is 1.40.